The van der Waals surface area contributed by atoms with Gasteiger partial charge in [-0.1, -0.05) is 12.1 Å². The molecule has 2 heterocycles. The second kappa shape index (κ2) is 6.83. The number of piperidine rings is 1. The summed E-state index contributed by atoms with van der Waals surface area (Å²) in [5.74, 6) is 1.16. The molecule has 3 rings (SSSR count). The van der Waals surface area contributed by atoms with Gasteiger partial charge in [0, 0.05) is 44.7 Å². The first kappa shape index (κ1) is 15.6. The molecule has 0 amide bonds. The number of nitrogens with zero attached hydrogens (tertiary/aromatic N) is 3. The molecule has 1 aliphatic rings. The SMILES string of the molecule is COCc1cc(N2CCC(=O)CC2)nc(-c2cccc(F)c2)n1. The van der Waals surface area contributed by atoms with Crippen molar-refractivity contribution < 1.29 is 13.9 Å². The second-order valence-electron chi connectivity index (χ2n) is 5.51. The molecule has 2 aromatic rings. The van der Waals surface area contributed by atoms with Gasteiger partial charge in [-0.3, -0.25) is 4.79 Å². The third-order valence-electron chi connectivity index (χ3n) is 3.79. The third-order valence-corrected chi connectivity index (χ3v) is 3.79. The van der Waals surface area contributed by atoms with E-state index in [1.54, 1.807) is 19.2 Å². The van der Waals surface area contributed by atoms with Crippen molar-refractivity contribution in [3.8, 4) is 11.4 Å². The molecule has 1 aromatic carbocycles. The highest BCUT2D eigenvalue weighted by molar-refractivity contribution is 5.80. The molecule has 1 aromatic heterocycles. The summed E-state index contributed by atoms with van der Waals surface area (Å²) in [6, 6.07) is 8.08. The zero-order valence-electron chi connectivity index (χ0n) is 13.0. The number of rotatable bonds is 4. The lowest BCUT2D eigenvalue weighted by atomic mass is 10.1. The smallest absolute Gasteiger partial charge is 0.161 e. The molecule has 0 aliphatic carbocycles. The summed E-state index contributed by atoms with van der Waals surface area (Å²) in [6.07, 6.45) is 1.05. The van der Waals surface area contributed by atoms with E-state index in [-0.39, 0.29) is 11.6 Å². The Kier molecular flexibility index (Phi) is 4.62. The number of carbonyl (C=O) groups is 1. The Morgan fingerprint density at radius 2 is 2.00 bits per heavy atom. The molecular weight excluding hydrogens is 297 g/mol. The molecule has 0 bridgehead atoms. The number of methoxy groups -OCH3 is 1. The fourth-order valence-electron chi connectivity index (χ4n) is 2.61. The van der Waals surface area contributed by atoms with Crippen molar-refractivity contribution in [2.75, 3.05) is 25.1 Å². The molecule has 23 heavy (non-hydrogen) atoms. The van der Waals surface area contributed by atoms with E-state index in [2.05, 4.69) is 14.9 Å². The molecule has 5 nitrogen and oxygen atoms in total. The molecule has 6 heteroatoms. The molecule has 0 spiro atoms. The van der Waals surface area contributed by atoms with Crippen molar-refractivity contribution in [1.82, 2.24) is 9.97 Å². The number of Topliss-reactive ketones (excluding diaryl/α,β-unsaturated/α-hetero) is 1. The van der Waals surface area contributed by atoms with E-state index < -0.39 is 0 Å². The monoisotopic (exact) mass is 315 g/mol. The van der Waals surface area contributed by atoms with Crippen LogP contribution >= 0.6 is 0 Å². The van der Waals surface area contributed by atoms with Gasteiger partial charge >= 0.3 is 0 Å². The molecule has 1 saturated heterocycles. The normalized spacial score (nSPS) is 15.0. The summed E-state index contributed by atoms with van der Waals surface area (Å²) in [5, 5.41) is 0. The molecule has 0 saturated carbocycles. The van der Waals surface area contributed by atoms with Crippen LogP contribution in [0.25, 0.3) is 11.4 Å². The van der Waals surface area contributed by atoms with Crippen molar-refractivity contribution in [2.45, 2.75) is 19.4 Å². The van der Waals surface area contributed by atoms with Crippen LogP contribution in [0.5, 0.6) is 0 Å². The third kappa shape index (κ3) is 3.71. The van der Waals surface area contributed by atoms with Crippen molar-refractivity contribution >= 4 is 11.6 Å². The largest absolute Gasteiger partial charge is 0.378 e. The standard InChI is InChI=1S/C17H18FN3O2/c1-23-11-14-10-16(21-7-5-15(22)6-8-21)20-17(19-14)12-3-2-4-13(18)9-12/h2-4,9-10H,5-8,11H2,1H3. The van der Waals surface area contributed by atoms with E-state index >= 15 is 0 Å². The number of hydrogen-bond donors (Lipinski definition) is 0. The predicted molar refractivity (Wildman–Crippen MR) is 84.6 cm³/mol. The van der Waals surface area contributed by atoms with E-state index in [0.29, 0.717) is 43.9 Å². The van der Waals surface area contributed by atoms with Gasteiger partial charge in [-0.05, 0) is 12.1 Å². The lowest BCUT2D eigenvalue weighted by Gasteiger charge is -2.27. The maximum Gasteiger partial charge on any atom is 0.161 e. The maximum atomic E-state index is 13.5. The molecule has 0 atom stereocenters. The average Bonchev–Trinajstić information content (AvgIpc) is 2.55. The van der Waals surface area contributed by atoms with Crippen LogP contribution in [0.3, 0.4) is 0 Å². The number of anilines is 1. The van der Waals surface area contributed by atoms with Gasteiger partial charge in [-0.2, -0.15) is 0 Å². The van der Waals surface area contributed by atoms with Crippen LogP contribution in [0.4, 0.5) is 10.2 Å². The van der Waals surface area contributed by atoms with Crippen LogP contribution in [0.2, 0.25) is 0 Å². The Bertz CT molecular complexity index is 711. The van der Waals surface area contributed by atoms with E-state index in [1.165, 1.54) is 12.1 Å². The molecular formula is C17H18FN3O2. The second-order valence-corrected chi connectivity index (χ2v) is 5.51. The van der Waals surface area contributed by atoms with Gasteiger partial charge < -0.3 is 9.64 Å². The molecule has 1 aliphatic heterocycles. The summed E-state index contributed by atoms with van der Waals surface area (Å²) in [5.41, 5.74) is 1.35. The fourth-order valence-corrected chi connectivity index (χ4v) is 2.61. The highest BCUT2D eigenvalue weighted by Gasteiger charge is 2.19. The summed E-state index contributed by atoms with van der Waals surface area (Å²) in [4.78, 5) is 22.5. The molecule has 1 fully saturated rings. The Balaban J connectivity index is 1.97. The van der Waals surface area contributed by atoms with Crippen molar-refractivity contribution in [1.29, 1.82) is 0 Å². The van der Waals surface area contributed by atoms with E-state index in [4.69, 9.17) is 4.74 Å². The Morgan fingerprint density at radius 1 is 1.22 bits per heavy atom. The Labute approximate surface area is 134 Å². The number of carbonyl (C=O) groups excluding carboxylic acids is 1. The van der Waals surface area contributed by atoms with Crippen LogP contribution in [-0.4, -0.2) is 36.0 Å². The van der Waals surface area contributed by atoms with Crippen molar-refractivity contribution in [3.63, 3.8) is 0 Å². The zero-order chi connectivity index (χ0) is 16.2. The summed E-state index contributed by atoms with van der Waals surface area (Å²) in [7, 11) is 1.60. The Morgan fingerprint density at radius 3 is 2.70 bits per heavy atom. The van der Waals surface area contributed by atoms with Gasteiger partial charge in [-0.25, -0.2) is 14.4 Å². The number of halogens is 1. The topological polar surface area (TPSA) is 55.3 Å². The molecule has 0 unspecified atom stereocenters. The number of aromatic nitrogens is 2. The van der Waals surface area contributed by atoms with Crippen LogP contribution in [-0.2, 0) is 16.1 Å². The quantitative estimate of drug-likeness (QED) is 0.868. The Hall–Kier alpha value is -2.34. The minimum Gasteiger partial charge on any atom is -0.378 e. The lowest BCUT2D eigenvalue weighted by Crippen LogP contribution is -2.34. The van der Waals surface area contributed by atoms with Crippen LogP contribution in [0, 0.1) is 5.82 Å². The summed E-state index contributed by atoms with van der Waals surface area (Å²) >= 11 is 0. The minimum absolute atomic E-state index is 0.276. The highest BCUT2D eigenvalue weighted by Crippen LogP contribution is 2.23. The fraction of sp³-hybridized carbons (Fsp3) is 0.353. The summed E-state index contributed by atoms with van der Waals surface area (Å²) < 4.78 is 18.6. The highest BCUT2D eigenvalue weighted by atomic mass is 19.1. The number of hydrogen-bond acceptors (Lipinski definition) is 5. The summed E-state index contributed by atoms with van der Waals surface area (Å²) in [6.45, 7) is 1.64. The van der Waals surface area contributed by atoms with E-state index in [9.17, 15) is 9.18 Å². The number of ketones is 1. The van der Waals surface area contributed by atoms with Gasteiger partial charge in [0.15, 0.2) is 5.82 Å². The van der Waals surface area contributed by atoms with Gasteiger partial charge in [0.05, 0.1) is 12.3 Å². The zero-order valence-corrected chi connectivity index (χ0v) is 13.0. The maximum absolute atomic E-state index is 13.5. The average molecular weight is 315 g/mol. The molecule has 0 radical (unpaired) electrons. The number of ether oxygens (including phenoxy) is 1. The van der Waals surface area contributed by atoms with Crippen LogP contribution in [0.1, 0.15) is 18.5 Å². The van der Waals surface area contributed by atoms with Gasteiger partial charge in [-0.15, -0.1) is 0 Å². The van der Waals surface area contributed by atoms with Gasteiger partial charge in [0.25, 0.3) is 0 Å². The van der Waals surface area contributed by atoms with Gasteiger partial charge in [0.2, 0.25) is 0 Å². The van der Waals surface area contributed by atoms with E-state index in [0.717, 1.165) is 11.5 Å². The van der Waals surface area contributed by atoms with Crippen LogP contribution < -0.4 is 4.90 Å². The number of benzene rings is 1. The minimum atomic E-state index is -0.326. The first-order valence-electron chi connectivity index (χ1n) is 7.55. The van der Waals surface area contributed by atoms with E-state index in [1.807, 2.05) is 6.07 Å². The molecule has 0 N–H and O–H groups in total. The first-order chi connectivity index (χ1) is 11.2. The molecule has 120 valence electrons. The van der Waals surface area contributed by atoms with Crippen molar-refractivity contribution in [2.24, 2.45) is 0 Å². The predicted octanol–water partition coefficient (Wildman–Crippen LogP) is 2.60. The lowest BCUT2D eigenvalue weighted by molar-refractivity contribution is -0.119. The van der Waals surface area contributed by atoms with Crippen molar-refractivity contribution in [3.05, 3.63) is 41.8 Å². The van der Waals surface area contributed by atoms with Gasteiger partial charge in [0.1, 0.15) is 17.4 Å². The first-order valence-corrected chi connectivity index (χ1v) is 7.55. The van der Waals surface area contributed by atoms with Crippen LogP contribution in [0.15, 0.2) is 30.3 Å².